The van der Waals surface area contributed by atoms with E-state index < -0.39 is 11.6 Å². The highest BCUT2D eigenvalue weighted by molar-refractivity contribution is 7.98. The first-order chi connectivity index (χ1) is 11.1. The van der Waals surface area contributed by atoms with Crippen LogP contribution < -0.4 is 0 Å². The number of thioether (sulfide) groups is 1. The van der Waals surface area contributed by atoms with Crippen LogP contribution in [0.15, 0.2) is 47.6 Å². The third-order valence-electron chi connectivity index (χ3n) is 3.54. The molecule has 118 valence electrons. The molecular formula is C17H15F2N3S. The Morgan fingerprint density at radius 2 is 1.78 bits per heavy atom. The third kappa shape index (κ3) is 3.12. The second-order valence-electron chi connectivity index (χ2n) is 5.15. The number of aryl methyl sites for hydroxylation is 2. The summed E-state index contributed by atoms with van der Waals surface area (Å²) in [5, 5.41) is 8.92. The fraction of sp³-hybridized carbons (Fsp3) is 0.176. The number of halogens is 2. The molecule has 0 aliphatic rings. The molecule has 3 aromatic rings. The van der Waals surface area contributed by atoms with E-state index >= 15 is 0 Å². The summed E-state index contributed by atoms with van der Waals surface area (Å²) in [6.07, 6.45) is 0. The van der Waals surface area contributed by atoms with Gasteiger partial charge in [0.2, 0.25) is 0 Å². The van der Waals surface area contributed by atoms with Crippen molar-refractivity contribution in [2.75, 3.05) is 0 Å². The highest BCUT2D eigenvalue weighted by atomic mass is 32.2. The SMILES string of the molecule is Cc1ccccc1-n1c(C)nnc1SCc1cccc(F)c1F. The van der Waals surface area contributed by atoms with Crippen LogP contribution >= 0.6 is 11.8 Å². The standard InChI is InChI=1S/C17H15F2N3S/c1-11-6-3-4-9-15(11)22-12(2)20-21-17(22)23-10-13-7-5-8-14(18)16(13)19/h3-9H,10H2,1-2H3. The molecule has 2 aromatic carbocycles. The zero-order valence-electron chi connectivity index (χ0n) is 12.8. The number of para-hydroxylation sites is 1. The molecule has 0 aliphatic carbocycles. The van der Waals surface area contributed by atoms with Crippen LogP contribution in [0.25, 0.3) is 5.69 Å². The zero-order chi connectivity index (χ0) is 16.4. The Balaban J connectivity index is 1.91. The molecule has 0 N–H and O–H groups in total. The molecule has 3 nitrogen and oxygen atoms in total. The van der Waals surface area contributed by atoms with Gasteiger partial charge in [0.15, 0.2) is 16.8 Å². The predicted molar refractivity (Wildman–Crippen MR) is 86.8 cm³/mol. The van der Waals surface area contributed by atoms with E-state index in [0.717, 1.165) is 23.1 Å². The maximum absolute atomic E-state index is 13.8. The molecule has 0 saturated heterocycles. The molecule has 0 saturated carbocycles. The van der Waals surface area contributed by atoms with Crippen LogP contribution in [0.3, 0.4) is 0 Å². The second-order valence-corrected chi connectivity index (χ2v) is 6.10. The Bertz CT molecular complexity index is 846. The summed E-state index contributed by atoms with van der Waals surface area (Å²) in [7, 11) is 0. The van der Waals surface area contributed by atoms with Crippen molar-refractivity contribution in [3.8, 4) is 5.69 Å². The van der Waals surface area contributed by atoms with Gasteiger partial charge in [0.05, 0.1) is 5.69 Å². The molecule has 0 spiro atoms. The average Bonchev–Trinajstić information content (AvgIpc) is 2.90. The Kier molecular flexibility index (Phi) is 4.43. The number of benzene rings is 2. The van der Waals surface area contributed by atoms with Crippen LogP contribution in [0.4, 0.5) is 8.78 Å². The quantitative estimate of drug-likeness (QED) is 0.662. The van der Waals surface area contributed by atoms with Crippen molar-refractivity contribution in [2.24, 2.45) is 0 Å². The number of hydrogen-bond donors (Lipinski definition) is 0. The minimum atomic E-state index is -0.834. The summed E-state index contributed by atoms with van der Waals surface area (Å²) < 4.78 is 29.0. The predicted octanol–water partition coefficient (Wildman–Crippen LogP) is 4.45. The van der Waals surface area contributed by atoms with Crippen molar-refractivity contribution in [3.63, 3.8) is 0 Å². The van der Waals surface area contributed by atoms with Crippen molar-refractivity contribution >= 4 is 11.8 Å². The van der Waals surface area contributed by atoms with Gasteiger partial charge in [-0.15, -0.1) is 10.2 Å². The first kappa shape index (κ1) is 15.7. The van der Waals surface area contributed by atoms with Crippen LogP contribution in [0, 0.1) is 25.5 Å². The van der Waals surface area contributed by atoms with Crippen LogP contribution in [0.1, 0.15) is 17.0 Å². The van der Waals surface area contributed by atoms with Gasteiger partial charge in [-0.2, -0.15) is 0 Å². The third-order valence-corrected chi connectivity index (χ3v) is 4.52. The van der Waals surface area contributed by atoms with E-state index in [-0.39, 0.29) is 5.75 Å². The highest BCUT2D eigenvalue weighted by Crippen LogP contribution is 2.27. The van der Waals surface area contributed by atoms with Gasteiger partial charge < -0.3 is 0 Å². The van der Waals surface area contributed by atoms with Crippen LogP contribution in [0.2, 0.25) is 0 Å². The molecule has 0 radical (unpaired) electrons. The Labute approximate surface area is 137 Å². The summed E-state index contributed by atoms with van der Waals surface area (Å²) in [6, 6.07) is 12.1. The first-order valence-corrected chi connectivity index (χ1v) is 8.10. The second kappa shape index (κ2) is 6.50. The molecule has 0 atom stereocenters. The molecule has 3 rings (SSSR count). The smallest absolute Gasteiger partial charge is 0.196 e. The molecule has 1 aromatic heterocycles. The molecule has 23 heavy (non-hydrogen) atoms. The van der Waals surface area contributed by atoms with Crippen LogP contribution in [-0.2, 0) is 5.75 Å². The van der Waals surface area contributed by atoms with Gasteiger partial charge in [-0.3, -0.25) is 4.57 Å². The lowest BCUT2D eigenvalue weighted by Crippen LogP contribution is -2.01. The molecule has 6 heteroatoms. The molecule has 0 amide bonds. The van der Waals surface area contributed by atoms with Crippen molar-refractivity contribution in [2.45, 2.75) is 24.8 Å². The molecule has 1 heterocycles. The van der Waals surface area contributed by atoms with Crippen molar-refractivity contribution in [1.29, 1.82) is 0 Å². The van der Waals surface area contributed by atoms with E-state index in [4.69, 9.17) is 0 Å². The Morgan fingerprint density at radius 3 is 2.57 bits per heavy atom. The maximum Gasteiger partial charge on any atom is 0.196 e. The Morgan fingerprint density at radius 1 is 1.00 bits per heavy atom. The lowest BCUT2D eigenvalue weighted by Gasteiger charge is -2.11. The fourth-order valence-electron chi connectivity index (χ4n) is 2.33. The minimum Gasteiger partial charge on any atom is -0.274 e. The van der Waals surface area contributed by atoms with Gasteiger partial charge >= 0.3 is 0 Å². The lowest BCUT2D eigenvalue weighted by atomic mass is 10.2. The number of hydrogen-bond acceptors (Lipinski definition) is 3. The van der Waals surface area contributed by atoms with E-state index in [1.165, 1.54) is 17.8 Å². The average molecular weight is 331 g/mol. The lowest BCUT2D eigenvalue weighted by molar-refractivity contribution is 0.502. The number of rotatable bonds is 4. The first-order valence-electron chi connectivity index (χ1n) is 7.11. The molecule has 0 unspecified atom stereocenters. The summed E-state index contributed by atoms with van der Waals surface area (Å²) in [4.78, 5) is 0. The molecular weight excluding hydrogens is 316 g/mol. The molecule has 0 bridgehead atoms. The topological polar surface area (TPSA) is 30.7 Å². The number of nitrogens with zero attached hydrogens (tertiary/aromatic N) is 3. The molecule has 0 fully saturated rings. The van der Waals surface area contributed by atoms with Gasteiger partial charge in [-0.05, 0) is 31.5 Å². The maximum atomic E-state index is 13.8. The minimum absolute atomic E-state index is 0.285. The van der Waals surface area contributed by atoms with Gasteiger partial charge in [0.1, 0.15) is 5.82 Å². The van der Waals surface area contributed by atoms with Gasteiger partial charge in [0.25, 0.3) is 0 Å². The van der Waals surface area contributed by atoms with E-state index in [0.29, 0.717) is 10.7 Å². The van der Waals surface area contributed by atoms with Gasteiger partial charge in [-0.1, -0.05) is 42.1 Å². The van der Waals surface area contributed by atoms with E-state index in [1.54, 1.807) is 6.07 Å². The van der Waals surface area contributed by atoms with Crippen molar-refractivity contribution in [1.82, 2.24) is 14.8 Å². The van der Waals surface area contributed by atoms with E-state index in [1.807, 2.05) is 42.7 Å². The van der Waals surface area contributed by atoms with Crippen molar-refractivity contribution in [3.05, 3.63) is 71.1 Å². The largest absolute Gasteiger partial charge is 0.274 e. The van der Waals surface area contributed by atoms with E-state index in [9.17, 15) is 8.78 Å². The summed E-state index contributed by atoms with van der Waals surface area (Å²) in [5.74, 6) is -0.604. The van der Waals surface area contributed by atoms with E-state index in [2.05, 4.69) is 10.2 Å². The monoisotopic (exact) mass is 331 g/mol. The summed E-state index contributed by atoms with van der Waals surface area (Å²) in [6.45, 7) is 3.88. The fourth-order valence-corrected chi connectivity index (χ4v) is 3.30. The summed E-state index contributed by atoms with van der Waals surface area (Å²) in [5.41, 5.74) is 2.39. The summed E-state index contributed by atoms with van der Waals surface area (Å²) >= 11 is 1.33. The highest BCUT2D eigenvalue weighted by Gasteiger charge is 2.15. The van der Waals surface area contributed by atoms with Gasteiger partial charge in [-0.25, -0.2) is 8.78 Å². The van der Waals surface area contributed by atoms with Crippen molar-refractivity contribution < 1.29 is 8.78 Å². The van der Waals surface area contributed by atoms with Crippen LogP contribution in [-0.4, -0.2) is 14.8 Å². The molecule has 0 aliphatic heterocycles. The zero-order valence-corrected chi connectivity index (χ0v) is 13.6. The van der Waals surface area contributed by atoms with Gasteiger partial charge in [0, 0.05) is 11.3 Å². The Hall–Kier alpha value is -2.21. The van der Waals surface area contributed by atoms with Crippen LogP contribution in [0.5, 0.6) is 0 Å². The normalized spacial score (nSPS) is 11.0. The number of aromatic nitrogens is 3.